The number of aromatic nitrogens is 2. The topological polar surface area (TPSA) is 116 Å². The Labute approximate surface area is 185 Å². The number of phenols is 2. The van der Waals surface area contributed by atoms with Gasteiger partial charge in [0.15, 0.2) is 0 Å². The molecule has 1 aromatic heterocycles. The number of aliphatic hydroxyl groups is 1. The Morgan fingerprint density at radius 3 is 2.61 bits per heavy atom. The summed E-state index contributed by atoms with van der Waals surface area (Å²) in [6.45, 7) is -0.0506. The molecule has 31 heavy (non-hydrogen) atoms. The van der Waals surface area contributed by atoms with Crippen LogP contribution in [0.25, 0.3) is 16.9 Å². The number of hydrogen-bond acceptors (Lipinski definition) is 6. The van der Waals surface area contributed by atoms with Crippen molar-refractivity contribution in [2.24, 2.45) is 0 Å². The third-order valence-corrected chi connectivity index (χ3v) is 7.75. The lowest BCUT2D eigenvalue weighted by atomic mass is 10.1. The molecule has 2 aromatic carbocycles. The van der Waals surface area contributed by atoms with Crippen LogP contribution in [0.1, 0.15) is 19.3 Å². The van der Waals surface area contributed by atoms with Gasteiger partial charge in [-0.1, -0.05) is 30.2 Å². The van der Waals surface area contributed by atoms with Crippen molar-refractivity contribution in [3.05, 3.63) is 53.7 Å². The van der Waals surface area contributed by atoms with Gasteiger partial charge in [0.2, 0.25) is 10.0 Å². The predicted molar refractivity (Wildman–Crippen MR) is 116 cm³/mol. The molecule has 1 aliphatic rings. The van der Waals surface area contributed by atoms with E-state index >= 15 is 0 Å². The number of phenolic OH excluding ortho intramolecular Hbond substituents is 2. The summed E-state index contributed by atoms with van der Waals surface area (Å²) < 4.78 is 29.4. The standard InChI is InChI=1S/C21H22ClN3O5S/c22-16-6-1-2-7-18(16)25-17(8-9-23-25)15-11-21(20(28)12-19(15)27)31(29,30)24-10-4-3-5-14(24)13-26/h1-2,6-9,11-12,14,26-28H,3-5,10,13H2. The van der Waals surface area contributed by atoms with Crippen molar-refractivity contribution < 1.29 is 23.7 Å². The van der Waals surface area contributed by atoms with E-state index in [0.29, 0.717) is 29.2 Å². The summed E-state index contributed by atoms with van der Waals surface area (Å²) in [4.78, 5) is -0.340. The van der Waals surface area contributed by atoms with Crippen molar-refractivity contribution in [3.63, 3.8) is 0 Å². The average Bonchev–Trinajstić information content (AvgIpc) is 3.23. The number of nitrogens with zero attached hydrogens (tertiary/aromatic N) is 3. The number of aromatic hydroxyl groups is 2. The summed E-state index contributed by atoms with van der Waals surface area (Å²) in [7, 11) is -4.11. The molecule has 0 amide bonds. The van der Waals surface area contributed by atoms with Crippen molar-refractivity contribution in [2.45, 2.75) is 30.2 Å². The van der Waals surface area contributed by atoms with Crippen molar-refractivity contribution in [3.8, 4) is 28.4 Å². The van der Waals surface area contributed by atoms with Gasteiger partial charge in [-0.2, -0.15) is 9.40 Å². The highest BCUT2D eigenvalue weighted by molar-refractivity contribution is 7.89. The lowest BCUT2D eigenvalue weighted by Crippen LogP contribution is -2.45. The molecule has 8 nitrogen and oxygen atoms in total. The Balaban J connectivity index is 1.84. The van der Waals surface area contributed by atoms with Crippen LogP contribution >= 0.6 is 11.6 Å². The second kappa shape index (κ2) is 8.51. The Kier molecular flexibility index (Phi) is 5.94. The number of para-hydroxylation sites is 1. The normalized spacial score (nSPS) is 17.7. The fourth-order valence-corrected chi connectivity index (χ4v) is 5.88. The lowest BCUT2D eigenvalue weighted by Gasteiger charge is -2.33. The third-order valence-electron chi connectivity index (χ3n) is 5.45. The third kappa shape index (κ3) is 3.89. The van der Waals surface area contributed by atoms with Crippen LogP contribution in [0.15, 0.2) is 53.6 Å². The van der Waals surface area contributed by atoms with Gasteiger partial charge < -0.3 is 15.3 Å². The van der Waals surface area contributed by atoms with E-state index in [1.165, 1.54) is 21.3 Å². The van der Waals surface area contributed by atoms with E-state index in [4.69, 9.17) is 11.6 Å². The van der Waals surface area contributed by atoms with E-state index in [0.717, 1.165) is 12.5 Å². The first-order valence-electron chi connectivity index (χ1n) is 9.82. The first-order chi connectivity index (χ1) is 14.8. The van der Waals surface area contributed by atoms with Gasteiger partial charge in [0.1, 0.15) is 16.4 Å². The SMILES string of the molecule is O=S(=O)(c1cc(-c2ccnn2-c2ccccc2Cl)c(O)cc1O)N1CCCCC1CO. The predicted octanol–water partition coefficient (Wildman–Crippen LogP) is 3.14. The zero-order valence-electron chi connectivity index (χ0n) is 16.5. The zero-order chi connectivity index (χ0) is 22.2. The maximum Gasteiger partial charge on any atom is 0.247 e. The molecule has 0 aliphatic carbocycles. The molecule has 3 aromatic rings. The maximum atomic E-state index is 13.3. The van der Waals surface area contributed by atoms with Crippen molar-refractivity contribution >= 4 is 21.6 Å². The highest BCUT2D eigenvalue weighted by Gasteiger charge is 2.35. The summed E-state index contributed by atoms with van der Waals surface area (Å²) in [6.07, 6.45) is 3.54. The Morgan fingerprint density at radius 1 is 1.10 bits per heavy atom. The molecule has 1 unspecified atom stereocenters. The number of halogens is 1. The molecule has 10 heteroatoms. The Morgan fingerprint density at radius 2 is 1.87 bits per heavy atom. The van der Waals surface area contributed by atoms with Crippen LogP contribution in [0.4, 0.5) is 0 Å². The lowest BCUT2D eigenvalue weighted by molar-refractivity contribution is 0.155. The van der Waals surface area contributed by atoms with Crippen LogP contribution in [-0.4, -0.2) is 57.0 Å². The quantitative estimate of drug-likeness (QED) is 0.535. The molecular formula is C21H22ClN3O5S. The second-order valence-corrected chi connectivity index (χ2v) is 9.63. The molecule has 0 saturated carbocycles. The highest BCUT2D eigenvalue weighted by Crippen LogP contribution is 2.40. The minimum absolute atomic E-state index is 0.173. The van der Waals surface area contributed by atoms with E-state index < -0.39 is 21.8 Å². The molecule has 0 spiro atoms. The van der Waals surface area contributed by atoms with Gasteiger partial charge in [0, 0.05) is 24.2 Å². The number of piperidine rings is 1. The van der Waals surface area contributed by atoms with Gasteiger partial charge >= 0.3 is 0 Å². The molecule has 164 valence electrons. The largest absolute Gasteiger partial charge is 0.507 e. The van der Waals surface area contributed by atoms with Gasteiger partial charge in [0.25, 0.3) is 0 Å². The fraction of sp³-hybridized carbons (Fsp3) is 0.286. The van der Waals surface area contributed by atoms with Crippen LogP contribution in [0.5, 0.6) is 11.5 Å². The number of rotatable bonds is 5. The van der Waals surface area contributed by atoms with E-state index in [1.807, 2.05) is 0 Å². The van der Waals surface area contributed by atoms with Crippen LogP contribution < -0.4 is 0 Å². The van der Waals surface area contributed by atoms with E-state index in [1.54, 1.807) is 30.3 Å². The first kappa shape index (κ1) is 21.6. The molecule has 1 fully saturated rings. The van der Waals surface area contributed by atoms with Crippen molar-refractivity contribution in [1.82, 2.24) is 14.1 Å². The van der Waals surface area contributed by atoms with Crippen molar-refractivity contribution in [2.75, 3.05) is 13.2 Å². The second-order valence-electron chi connectivity index (χ2n) is 7.36. The molecule has 1 atom stereocenters. The molecule has 3 N–H and O–H groups in total. The zero-order valence-corrected chi connectivity index (χ0v) is 18.1. The maximum absolute atomic E-state index is 13.3. The number of aliphatic hydroxyl groups excluding tert-OH is 1. The molecule has 4 rings (SSSR count). The summed E-state index contributed by atoms with van der Waals surface area (Å²) >= 11 is 6.29. The van der Waals surface area contributed by atoms with Gasteiger partial charge in [-0.3, -0.25) is 0 Å². The molecule has 2 heterocycles. The number of sulfonamides is 1. The van der Waals surface area contributed by atoms with Crippen LogP contribution in [-0.2, 0) is 10.0 Å². The first-order valence-corrected chi connectivity index (χ1v) is 11.6. The van der Waals surface area contributed by atoms with Crippen LogP contribution in [0.2, 0.25) is 5.02 Å². The van der Waals surface area contributed by atoms with E-state index in [9.17, 15) is 23.7 Å². The van der Waals surface area contributed by atoms with Gasteiger partial charge in [0.05, 0.1) is 29.2 Å². The van der Waals surface area contributed by atoms with E-state index in [2.05, 4.69) is 5.10 Å². The molecule has 0 radical (unpaired) electrons. The van der Waals surface area contributed by atoms with Crippen molar-refractivity contribution in [1.29, 1.82) is 0 Å². The fourth-order valence-electron chi connectivity index (χ4n) is 3.89. The Bertz CT molecular complexity index is 1210. The molecular weight excluding hydrogens is 442 g/mol. The smallest absolute Gasteiger partial charge is 0.247 e. The van der Waals surface area contributed by atoms with E-state index in [-0.39, 0.29) is 29.4 Å². The van der Waals surface area contributed by atoms with Crippen LogP contribution in [0, 0.1) is 0 Å². The Hall–Kier alpha value is -2.59. The summed E-state index contributed by atoms with van der Waals surface area (Å²) in [5.74, 6) is -0.866. The summed E-state index contributed by atoms with van der Waals surface area (Å²) in [5, 5.41) is 35.3. The monoisotopic (exact) mass is 463 g/mol. The average molecular weight is 464 g/mol. The summed E-state index contributed by atoms with van der Waals surface area (Å²) in [5.41, 5.74) is 1.13. The molecule has 1 saturated heterocycles. The summed E-state index contributed by atoms with van der Waals surface area (Å²) in [6, 6.07) is 10.3. The molecule has 1 aliphatic heterocycles. The number of hydrogen-bond donors (Lipinski definition) is 3. The van der Waals surface area contributed by atoms with Crippen LogP contribution in [0.3, 0.4) is 0 Å². The molecule has 0 bridgehead atoms. The minimum atomic E-state index is -4.11. The minimum Gasteiger partial charge on any atom is -0.507 e. The van der Waals surface area contributed by atoms with Gasteiger partial charge in [-0.25, -0.2) is 13.1 Å². The van der Waals surface area contributed by atoms with Gasteiger partial charge in [-0.15, -0.1) is 0 Å². The van der Waals surface area contributed by atoms with Gasteiger partial charge in [-0.05, 0) is 37.1 Å². The highest BCUT2D eigenvalue weighted by atomic mass is 35.5. The number of benzene rings is 2.